The summed E-state index contributed by atoms with van der Waals surface area (Å²) in [6, 6.07) is 17.5. The molecule has 5 heteroatoms. The van der Waals surface area contributed by atoms with Gasteiger partial charge in [0.05, 0.1) is 5.92 Å². The average Bonchev–Trinajstić information content (AvgIpc) is 2.68. The Balaban J connectivity index is 1.84. The Morgan fingerprint density at radius 3 is 2.40 bits per heavy atom. The number of nitriles is 1. The molecule has 1 N–H and O–H groups in total. The van der Waals surface area contributed by atoms with Crippen molar-refractivity contribution in [2.75, 3.05) is 5.32 Å². The monoisotopic (exact) mass is 418 g/mol. The summed E-state index contributed by atoms with van der Waals surface area (Å²) in [6.07, 6.45) is 1.08. The molecule has 0 amide bonds. The van der Waals surface area contributed by atoms with Crippen LogP contribution in [0.2, 0.25) is 5.02 Å². The highest BCUT2D eigenvalue weighted by Gasteiger charge is 2.43. The molecule has 30 heavy (non-hydrogen) atoms. The van der Waals surface area contributed by atoms with Gasteiger partial charge in [-0.1, -0.05) is 55.3 Å². The smallest absolute Gasteiger partial charge is 0.212 e. The quantitative estimate of drug-likeness (QED) is 0.639. The molecule has 0 saturated carbocycles. The second-order valence-electron chi connectivity index (χ2n) is 8.71. The van der Waals surface area contributed by atoms with Crippen LogP contribution >= 0.6 is 11.6 Å². The van der Waals surface area contributed by atoms with Crippen molar-refractivity contribution in [1.29, 1.82) is 5.26 Å². The summed E-state index contributed by atoms with van der Waals surface area (Å²) in [5.41, 5.74) is 3.62. The van der Waals surface area contributed by atoms with E-state index in [-0.39, 0.29) is 11.2 Å². The summed E-state index contributed by atoms with van der Waals surface area (Å²) >= 11 is 6.00. The number of anilines is 1. The number of nitrogens with zero attached hydrogens (tertiary/aromatic N) is 1. The highest BCUT2D eigenvalue weighted by atomic mass is 35.5. The Morgan fingerprint density at radius 1 is 1.10 bits per heavy atom. The number of carbonyl (C=O) groups excluding carboxylic acids is 1. The van der Waals surface area contributed by atoms with Gasteiger partial charge in [0.15, 0.2) is 5.78 Å². The van der Waals surface area contributed by atoms with E-state index in [0.717, 1.165) is 16.8 Å². The van der Waals surface area contributed by atoms with Gasteiger partial charge in [-0.25, -0.2) is 0 Å². The molecule has 2 aromatic rings. The fourth-order valence-electron chi connectivity index (χ4n) is 4.11. The third-order valence-corrected chi connectivity index (χ3v) is 5.81. The number of benzene rings is 2. The summed E-state index contributed by atoms with van der Waals surface area (Å²) in [4.78, 5) is 13.2. The van der Waals surface area contributed by atoms with Crippen LogP contribution in [0.15, 0.2) is 71.3 Å². The van der Waals surface area contributed by atoms with Crippen LogP contribution in [0.3, 0.4) is 0 Å². The highest BCUT2D eigenvalue weighted by molar-refractivity contribution is 6.30. The molecule has 1 heterocycles. The molecule has 0 spiro atoms. The maximum atomic E-state index is 13.2. The molecule has 2 aliphatic rings. The van der Waals surface area contributed by atoms with Gasteiger partial charge < -0.3 is 10.1 Å². The molecule has 1 unspecified atom stereocenters. The van der Waals surface area contributed by atoms with Gasteiger partial charge in [-0.05, 0) is 42.2 Å². The van der Waals surface area contributed by atoms with Crippen molar-refractivity contribution in [1.82, 2.24) is 0 Å². The van der Waals surface area contributed by atoms with E-state index in [1.807, 2.05) is 43.3 Å². The summed E-state index contributed by atoms with van der Waals surface area (Å²) in [5.74, 6) is 0.620. The van der Waals surface area contributed by atoms with E-state index in [1.165, 1.54) is 0 Å². The van der Waals surface area contributed by atoms with Gasteiger partial charge in [0.2, 0.25) is 5.88 Å². The molecule has 0 fully saturated rings. The van der Waals surface area contributed by atoms with Crippen LogP contribution in [0, 0.1) is 23.7 Å². The van der Waals surface area contributed by atoms with E-state index >= 15 is 0 Å². The second-order valence-corrected chi connectivity index (χ2v) is 9.15. The van der Waals surface area contributed by atoms with Crippen molar-refractivity contribution in [3.8, 4) is 6.07 Å². The van der Waals surface area contributed by atoms with E-state index in [0.29, 0.717) is 40.7 Å². The number of hydrogen-bond acceptors (Lipinski definition) is 4. The van der Waals surface area contributed by atoms with E-state index in [4.69, 9.17) is 16.3 Å². The first-order valence-electron chi connectivity index (χ1n) is 9.95. The van der Waals surface area contributed by atoms with E-state index < -0.39 is 5.92 Å². The molecule has 0 aromatic heterocycles. The Labute approximate surface area is 181 Å². The zero-order valence-corrected chi connectivity index (χ0v) is 18.0. The number of ketones is 1. The molecule has 4 nitrogen and oxygen atoms in total. The van der Waals surface area contributed by atoms with Gasteiger partial charge in [-0.3, -0.25) is 4.79 Å². The van der Waals surface area contributed by atoms with Crippen LogP contribution in [0.5, 0.6) is 0 Å². The van der Waals surface area contributed by atoms with Crippen molar-refractivity contribution in [3.63, 3.8) is 0 Å². The van der Waals surface area contributed by atoms with Gasteiger partial charge in [-0.2, -0.15) is 5.26 Å². The van der Waals surface area contributed by atoms with Gasteiger partial charge in [-0.15, -0.1) is 0 Å². The molecule has 1 aliphatic heterocycles. The largest absolute Gasteiger partial charge is 0.444 e. The second kappa shape index (κ2) is 7.66. The van der Waals surface area contributed by atoms with Crippen molar-refractivity contribution in [2.24, 2.45) is 5.41 Å². The summed E-state index contributed by atoms with van der Waals surface area (Å²) in [7, 11) is 0. The standard InChI is InChI=1S/C25H23ClN2O2/c1-15-4-6-16(7-5-15)22-19(14-27)24(28-18-10-8-17(26)9-11-18)30-21-13-25(2,3)12-20(29)23(21)22/h4-11,22,28H,12-13H2,1-3H3. The number of Topliss-reactive ketones (excluding diaryl/α,β-unsaturated/α-hetero) is 1. The maximum Gasteiger partial charge on any atom is 0.212 e. The van der Waals surface area contributed by atoms with Crippen molar-refractivity contribution >= 4 is 23.1 Å². The molecule has 4 rings (SSSR count). The minimum atomic E-state index is -0.447. The predicted molar refractivity (Wildman–Crippen MR) is 118 cm³/mol. The van der Waals surface area contributed by atoms with Crippen molar-refractivity contribution in [2.45, 2.75) is 39.5 Å². The normalized spacial score (nSPS) is 20.4. The zero-order valence-electron chi connectivity index (χ0n) is 17.3. The first kappa shape index (κ1) is 20.3. The zero-order chi connectivity index (χ0) is 21.5. The van der Waals surface area contributed by atoms with E-state index in [9.17, 15) is 10.1 Å². The number of halogens is 1. The number of nitrogens with one attached hydrogen (secondary N) is 1. The predicted octanol–water partition coefficient (Wildman–Crippen LogP) is 6.25. The molecule has 0 radical (unpaired) electrons. The number of aryl methyl sites for hydroxylation is 1. The minimum Gasteiger partial charge on any atom is -0.444 e. The summed E-state index contributed by atoms with van der Waals surface area (Å²) < 4.78 is 6.18. The van der Waals surface area contributed by atoms with E-state index in [1.54, 1.807) is 12.1 Å². The summed E-state index contributed by atoms with van der Waals surface area (Å²) in [5, 5.41) is 13.9. The third kappa shape index (κ3) is 3.86. The lowest BCUT2D eigenvalue weighted by molar-refractivity contribution is -0.119. The van der Waals surface area contributed by atoms with Crippen LogP contribution in [0.1, 0.15) is 43.7 Å². The van der Waals surface area contributed by atoms with Crippen molar-refractivity contribution in [3.05, 3.63) is 87.5 Å². The van der Waals surface area contributed by atoms with Crippen LogP contribution in [-0.2, 0) is 9.53 Å². The molecule has 0 saturated heterocycles. The third-order valence-electron chi connectivity index (χ3n) is 5.56. The topological polar surface area (TPSA) is 62.1 Å². The SMILES string of the molecule is Cc1ccc(C2C(C#N)=C(Nc3ccc(Cl)cc3)OC3=C2C(=O)CC(C)(C)C3)cc1. The first-order valence-corrected chi connectivity index (χ1v) is 10.3. The van der Waals surface area contributed by atoms with Crippen LogP contribution in [0.25, 0.3) is 0 Å². The van der Waals surface area contributed by atoms with Crippen LogP contribution < -0.4 is 5.32 Å². The summed E-state index contributed by atoms with van der Waals surface area (Å²) in [6.45, 7) is 6.14. The molecule has 1 aliphatic carbocycles. The molecule has 152 valence electrons. The van der Waals surface area contributed by atoms with Crippen molar-refractivity contribution < 1.29 is 9.53 Å². The van der Waals surface area contributed by atoms with Gasteiger partial charge in [0.1, 0.15) is 17.4 Å². The average molecular weight is 419 g/mol. The molecule has 0 bridgehead atoms. The first-order chi connectivity index (χ1) is 14.3. The number of allylic oxidation sites excluding steroid dienone is 3. The fraction of sp³-hybridized carbons (Fsp3) is 0.280. The Morgan fingerprint density at radius 2 is 1.77 bits per heavy atom. The number of carbonyl (C=O) groups is 1. The lowest BCUT2D eigenvalue weighted by Gasteiger charge is -2.38. The Bertz CT molecular complexity index is 1100. The minimum absolute atomic E-state index is 0.0464. The van der Waals surface area contributed by atoms with Crippen LogP contribution in [0.4, 0.5) is 5.69 Å². The molecule has 1 atom stereocenters. The lowest BCUT2D eigenvalue weighted by Crippen LogP contribution is -2.33. The Hall–Kier alpha value is -3.03. The van der Waals surface area contributed by atoms with Crippen LogP contribution in [-0.4, -0.2) is 5.78 Å². The maximum absolute atomic E-state index is 13.2. The Kier molecular flexibility index (Phi) is 5.17. The van der Waals surface area contributed by atoms with Gasteiger partial charge in [0.25, 0.3) is 0 Å². The molecular weight excluding hydrogens is 396 g/mol. The van der Waals surface area contributed by atoms with Gasteiger partial charge in [0, 0.05) is 29.1 Å². The molecular formula is C25H23ClN2O2. The van der Waals surface area contributed by atoms with E-state index in [2.05, 4.69) is 25.2 Å². The number of rotatable bonds is 3. The number of hydrogen-bond donors (Lipinski definition) is 1. The highest BCUT2D eigenvalue weighted by Crippen LogP contribution is 2.48. The van der Waals surface area contributed by atoms with Gasteiger partial charge >= 0.3 is 0 Å². The molecule has 2 aromatic carbocycles. The lowest BCUT2D eigenvalue weighted by atomic mass is 9.70. The fourth-order valence-corrected chi connectivity index (χ4v) is 4.24. The number of ether oxygens (including phenoxy) is 1.